The minimum atomic E-state index is -0.504. The molecule has 3 heterocycles. The smallest absolute Gasteiger partial charge is 0.363 e. The van der Waals surface area contributed by atoms with Crippen LogP contribution < -0.4 is 10.1 Å². The highest BCUT2D eigenvalue weighted by Gasteiger charge is 2.17. The lowest BCUT2D eigenvalue weighted by Crippen LogP contribution is -2.19. The summed E-state index contributed by atoms with van der Waals surface area (Å²) in [6.07, 6.45) is 4.59. The van der Waals surface area contributed by atoms with Crippen LogP contribution >= 0.6 is 0 Å². The second-order valence-electron chi connectivity index (χ2n) is 5.85. The maximum absolute atomic E-state index is 12.3. The van der Waals surface area contributed by atoms with E-state index < -0.39 is 5.97 Å². The van der Waals surface area contributed by atoms with Gasteiger partial charge < -0.3 is 14.5 Å². The normalized spacial score (nSPS) is 13.5. The lowest BCUT2D eigenvalue weighted by Gasteiger charge is -2.17. The third-order valence-corrected chi connectivity index (χ3v) is 4.01. The van der Waals surface area contributed by atoms with Gasteiger partial charge in [0, 0.05) is 24.5 Å². The van der Waals surface area contributed by atoms with E-state index in [9.17, 15) is 9.59 Å². The molecule has 0 bridgehead atoms. The van der Waals surface area contributed by atoms with Crippen LogP contribution in [0.2, 0.25) is 0 Å². The van der Waals surface area contributed by atoms with E-state index in [1.54, 1.807) is 28.8 Å². The van der Waals surface area contributed by atoms with Crippen molar-refractivity contribution in [3.8, 4) is 5.75 Å². The Labute approximate surface area is 138 Å². The van der Waals surface area contributed by atoms with Crippen LogP contribution in [0.3, 0.4) is 0 Å². The van der Waals surface area contributed by atoms with Crippen LogP contribution in [0.15, 0.2) is 42.7 Å². The molecule has 3 aromatic rings. The van der Waals surface area contributed by atoms with E-state index in [0.29, 0.717) is 24.2 Å². The number of aromatic nitrogens is 2. The van der Waals surface area contributed by atoms with Crippen LogP contribution in [0.1, 0.15) is 28.0 Å². The number of aryl methyl sites for hydroxylation is 2. The number of fused-ring (bicyclic) bond motifs is 2. The van der Waals surface area contributed by atoms with Crippen LogP contribution in [0, 0.1) is 6.92 Å². The first-order valence-corrected chi connectivity index (χ1v) is 7.69. The van der Waals surface area contributed by atoms with Gasteiger partial charge in [0.2, 0.25) is 5.91 Å². The monoisotopic (exact) mass is 321 g/mol. The highest BCUT2D eigenvalue weighted by Crippen LogP contribution is 2.27. The van der Waals surface area contributed by atoms with Gasteiger partial charge in [0.1, 0.15) is 11.4 Å². The van der Waals surface area contributed by atoms with Crippen LogP contribution in [-0.2, 0) is 11.2 Å². The molecule has 1 aliphatic rings. The van der Waals surface area contributed by atoms with Crippen LogP contribution in [0.25, 0.3) is 5.65 Å². The topological polar surface area (TPSA) is 72.7 Å². The summed E-state index contributed by atoms with van der Waals surface area (Å²) in [5, 5.41) is 2.80. The molecule has 24 heavy (non-hydrogen) atoms. The van der Waals surface area contributed by atoms with Gasteiger partial charge in [-0.1, -0.05) is 0 Å². The van der Waals surface area contributed by atoms with Gasteiger partial charge in [0.15, 0.2) is 5.69 Å². The zero-order valence-corrected chi connectivity index (χ0v) is 13.1. The molecule has 0 fully saturated rings. The maximum Gasteiger partial charge on any atom is 0.363 e. The minimum Gasteiger partial charge on any atom is -0.422 e. The van der Waals surface area contributed by atoms with Gasteiger partial charge in [-0.2, -0.15) is 0 Å². The van der Waals surface area contributed by atoms with Gasteiger partial charge in [-0.3, -0.25) is 4.79 Å². The van der Waals surface area contributed by atoms with Gasteiger partial charge in [-0.25, -0.2) is 9.78 Å². The zero-order chi connectivity index (χ0) is 16.7. The summed E-state index contributed by atoms with van der Waals surface area (Å²) in [7, 11) is 0. The fourth-order valence-electron chi connectivity index (χ4n) is 2.76. The summed E-state index contributed by atoms with van der Waals surface area (Å²) in [6, 6.07) is 9.05. The SMILES string of the molecule is Cc1ccn2cc(C(=O)Oc3ccc4c(c3)CCC(=O)N4)nc2c1. The number of pyridine rings is 1. The first-order valence-electron chi connectivity index (χ1n) is 7.69. The highest BCUT2D eigenvalue weighted by molar-refractivity contribution is 5.94. The van der Waals surface area contributed by atoms with Crippen molar-refractivity contribution in [2.45, 2.75) is 19.8 Å². The number of ether oxygens (including phenoxy) is 1. The van der Waals surface area contributed by atoms with Crippen molar-refractivity contribution in [1.82, 2.24) is 9.38 Å². The van der Waals surface area contributed by atoms with Gasteiger partial charge in [-0.15, -0.1) is 0 Å². The Hall–Kier alpha value is -3.15. The quantitative estimate of drug-likeness (QED) is 0.582. The van der Waals surface area contributed by atoms with Gasteiger partial charge in [0.05, 0.1) is 0 Å². The molecule has 0 unspecified atom stereocenters. The zero-order valence-electron chi connectivity index (χ0n) is 13.1. The number of nitrogens with one attached hydrogen (secondary N) is 1. The second kappa shape index (κ2) is 5.49. The van der Waals surface area contributed by atoms with E-state index >= 15 is 0 Å². The van der Waals surface area contributed by atoms with E-state index in [-0.39, 0.29) is 11.6 Å². The van der Waals surface area contributed by atoms with E-state index in [0.717, 1.165) is 16.8 Å². The van der Waals surface area contributed by atoms with Crippen LogP contribution in [-0.4, -0.2) is 21.3 Å². The number of rotatable bonds is 2. The number of anilines is 1. The van der Waals surface area contributed by atoms with E-state index in [2.05, 4.69) is 10.3 Å². The first-order chi connectivity index (χ1) is 11.6. The van der Waals surface area contributed by atoms with Crippen molar-refractivity contribution in [3.63, 3.8) is 0 Å². The summed E-state index contributed by atoms with van der Waals surface area (Å²) in [4.78, 5) is 28.0. The molecular formula is C18H15N3O3. The van der Waals surface area contributed by atoms with E-state index in [1.165, 1.54) is 0 Å². The standard InChI is InChI=1S/C18H15N3O3/c1-11-6-7-21-10-15(19-16(21)8-11)18(23)24-13-3-4-14-12(9-13)2-5-17(22)20-14/h3-4,6-10H,2,5H2,1H3,(H,20,22). The molecule has 1 N–H and O–H groups in total. The minimum absolute atomic E-state index is 0.00670. The molecule has 1 aliphatic heterocycles. The molecule has 4 rings (SSSR count). The van der Waals surface area contributed by atoms with Crippen molar-refractivity contribution in [1.29, 1.82) is 0 Å². The van der Waals surface area contributed by atoms with E-state index in [1.807, 2.05) is 25.3 Å². The van der Waals surface area contributed by atoms with E-state index in [4.69, 9.17) is 4.74 Å². The van der Waals surface area contributed by atoms with Gasteiger partial charge in [-0.05, 0) is 54.8 Å². The fourth-order valence-corrected chi connectivity index (χ4v) is 2.76. The second-order valence-corrected chi connectivity index (χ2v) is 5.85. The molecule has 6 heteroatoms. The molecule has 0 atom stereocenters. The molecule has 0 saturated carbocycles. The molecule has 120 valence electrons. The number of amides is 1. The van der Waals surface area contributed by atoms with Crippen LogP contribution in [0.5, 0.6) is 5.75 Å². The number of carbonyl (C=O) groups excluding carboxylic acids is 2. The van der Waals surface area contributed by atoms with Gasteiger partial charge in [0.25, 0.3) is 0 Å². The maximum atomic E-state index is 12.3. The lowest BCUT2D eigenvalue weighted by atomic mass is 10.0. The Morgan fingerprint density at radius 2 is 2.12 bits per heavy atom. The molecule has 0 spiro atoms. The van der Waals surface area contributed by atoms with Crippen molar-refractivity contribution < 1.29 is 14.3 Å². The molecule has 2 aromatic heterocycles. The summed E-state index contributed by atoms with van der Waals surface area (Å²) in [5.74, 6) is -0.0495. The molecule has 0 radical (unpaired) electrons. The summed E-state index contributed by atoms with van der Waals surface area (Å²) in [5.41, 5.74) is 3.77. The van der Waals surface area contributed by atoms with Gasteiger partial charge >= 0.3 is 5.97 Å². The largest absolute Gasteiger partial charge is 0.422 e. The Kier molecular flexibility index (Phi) is 3.30. The van der Waals surface area contributed by atoms with Crippen molar-refractivity contribution >= 4 is 23.2 Å². The Balaban J connectivity index is 1.58. The number of nitrogens with zero attached hydrogens (tertiary/aromatic N) is 2. The Morgan fingerprint density at radius 1 is 1.25 bits per heavy atom. The molecule has 1 amide bonds. The summed E-state index contributed by atoms with van der Waals surface area (Å²) in [6.45, 7) is 1.97. The number of hydrogen-bond acceptors (Lipinski definition) is 4. The average molecular weight is 321 g/mol. The molecule has 1 aromatic carbocycles. The molecule has 0 saturated heterocycles. The summed E-state index contributed by atoms with van der Waals surface area (Å²) < 4.78 is 7.21. The predicted octanol–water partition coefficient (Wildman–Crippen LogP) is 2.75. The van der Waals surface area contributed by atoms with Crippen LogP contribution in [0.4, 0.5) is 5.69 Å². The fraction of sp³-hybridized carbons (Fsp3) is 0.167. The Morgan fingerprint density at radius 3 is 3.00 bits per heavy atom. The average Bonchev–Trinajstić information content (AvgIpc) is 2.98. The Bertz CT molecular complexity index is 975. The number of esters is 1. The lowest BCUT2D eigenvalue weighted by molar-refractivity contribution is -0.116. The number of carbonyl (C=O) groups is 2. The third kappa shape index (κ3) is 2.62. The van der Waals surface area contributed by atoms with Crippen molar-refractivity contribution in [3.05, 3.63) is 59.5 Å². The van der Waals surface area contributed by atoms with Crippen molar-refractivity contribution in [2.24, 2.45) is 0 Å². The van der Waals surface area contributed by atoms with Crippen molar-refractivity contribution in [2.75, 3.05) is 5.32 Å². The third-order valence-electron chi connectivity index (χ3n) is 4.01. The molecule has 0 aliphatic carbocycles. The molecule has 6 nitrogen and oxygen atoms in total. The first kappa shape index (κ1) is 14.4. The highest BCUT2D eigenvalue weighted by atomic mass is 16.5. The number of hydrogen-bond donors (Lipinski definition) is 1. The summed E-state index contributed by atoms with van der Waals surface area (Å²) >= 11 is 0. The number of imidazole rings is 1. The predicted molar refractivity (Wildman–Crippen MR) is 88.3 cm³/mol. The number of benzene rings is 1. The molecular weight excluding hydrogens is 306 g/mol.